The molecule has 85 valence electrons. The molecule has 1 fully saturated rings. The molecule has 1 radical (unpaired) electrons. The van der Waals surface area contributed by atoms with E-state index < -0.39 is 0 Å². The van der Waals surface area contributed by atoms with E-state index in [4.69, 9.17) is 4.74 Å². The lowest BCUT2D eigenvalue weighted by Crippen LogP contribution is -2.10. The van der Waals surface area contributed by atoms with E-state index in [2.05, 4.69) is 13.0 Å². The fourth-order valence-electron chi connectivity index (χ4n) is 2.00. The van der Waals surface area contributed by atoms with Gasteiger partial charge in [-0.05, 0) is 39.0 Å². The van der Waals surface area contributed by atoms with Crippen molar-refractivity contribution in [3.63, 3.8) is 0 Å². The zero-order chi connectivity index (χ0) is 11.1. The average Bonchev–Trinajstić information content (AvgIpc) is 2.27. The normalized spacial score (nSPS) is 18.9. The maximum atomic E-state index is 11.5. The topological polar surface area (TPSA) is 26.3 Å². The van der Waals surface area contributed by atoms with Crippen LogP contribution in [0.5, 0.6) is 0 Å². The third-order valence-electron chi connectivity index (χ3n) is 2.84. The molecule has 0 heterocycles. The molecule has 2 heteroatoms. The minimum atomic E-state index is -0.177. The van der Waals surface area contributed by atoms with Crippen molar-refractivity contribution in [1.29, 1.82) is 0 Å². The highest BCUT2D eigenvalue weighted by Crippen LogP contribution is 2.25. The second kappa shape index (κ2) is 6.65. The number of carbonyl (C=O) groups is 1. The minimum Gasteiger partial charge on any atom is -0.462 e. The molecule has 1 aliphatic carbocycles. The van der Waals surface area contributed by atoms with Gasteiger partial charge in [0.15, 0.2) is 0 Å². The van der Waals surface area contributed by atoms with Gasteiger partial charge in [0.1, 0.15) is 0 Å². The molecule has 0 aromatic rings. The summed E-state index contributed by atoms with van der Waals surface area (Å²) in [5.74, 6) is 0.412. The number of carbonyl (C=O) groups excluding carboxylic acids is 1. The van der Waals surface area contributed by atoms with E-state index in [-0.39, 0.29) is 5.97 Å². The van der Waals surface area contributed by atoms with E-state index in [1.807, 2.05) is 6.92 Å². The van der Waals surface area contributed by atoms with E-state index in [1.54, 1.807) is 0 Å². The van der Waals surface area contributed by atoms with Crippen LogP contribution in [-0.4, -0.2) is 12.6 Å². The van der Waals surface area contributed by atoms with Crippen molar-refractivity contribution in [2.24, 2.45) is 5.92 Å². The van der Waals surface area contributed by atoms with Crippen molar-refractivity contribution in [3.05, 3.63) is 18.6 Å². The van der Waals surface area contributed by atoms with Crippen molar-refractivity contribution < 1.29 is 9.53 Å². The Morgan fingerprint density at radius 2 is 2.07 bits per heavy atom. The summed E-state index contributed by atoms with van der Waals surface area (Å²) in [4.78, 5) is 11.5. The highest BCUT2D eigenvalue weighted by molar-refractivity contribution is 5.87. The van der Waals surface area contributed by atoms with Gasteiger partial charge in [0.25, 0.3) is 0 Å². The number of allylic oxidation sites excluding steroid dienone is 1. The van der Waals surface area contributed by atoms with Crippen LogP contribution in [0, 0.1) is 12.8 Å². The number of esters is 1. The third kappa shape index (κ3) is 4.50. The zero-order valence-corrected chi connectivity index (χ0v) is 9.63. The fourth-order valence-corrected chi connectivity index (χ4v) is 2.00. The van der Waals surface area contributed by atoms with Gasteiger partial charge < -0.3 is 4.74 Å². The molecule has 0 aromatic heterocycles. The summed E-state index contributed by atoms with van der Waals surface area (Å²) in [5.41, 5.74) is 0.760. The molecule has 0 N–H and O–H groups in total. The molecule has 2 nitrogen and oxygen atoms in total. The monoisotopic (exact) mass is 209 g/mol. The van der Waals surface area contributed by atoms with Gasteiger partial charge in [-0.3, -0.25) is 0 Å². The molecule has 15 heavy (non-hydrogen) atoms. The Kier molecular flexibility index (Phi) is 5.44. The Labute approximate surface area is 92.7 Å². The second-order valence-corrected chi connectivity index (χ2v) is 4.24. The Morgan fingerprint density at radius 3 is 2.67 bits per heavy atom. The molecule has 0 spiro atoms. The summed E-state index contributed by atoms with van der Waals surface area (Å²) in [6.45, 7) is 5.91. The zero-order valence-electron chi connectivity index (χ0n) is 9.63. The lowest BCUT2D eigenvalue weighted by Gasteiger charge is -2.18. The van der Waals surface area contributed by atoms with Crippen LogP contribution in [-0.2, 0) is 9.53 Å². The predicted octanol–water partition coefficient (Wildman–Crippen LogP) is 3.28. The maximum Gasteiger partial charge on any atom is 0.333 e. The highest BCUT2D eigenvalue weighted by Gasteiger charge is 2.13. The molecular weight excluding hydrogens is 188 g/mol. The summed E-state index contributed by atoms with van der Waals surface area (Å²) in [6.07, 6.45) is 9.10. The SMILES string of the molecule is [CH2]CCOC(=O)C(C)=CC1CCCCC1. The Hall–Kier alpha value is -0.790. The summed E-state index contributed by atoms with van der Waals surface area (Å²) in [5, 5.41) is 0. The largest absolute Gasteiger partial charge is 0.462 e. The van der Waals surface area contributed by atoms with E-state index in [1.165, 1.54) is 32.1 Å². The first-order chi connectivity index (χ1) is 7.24. The first-order valence-electron chi connectivity index (χ1n) is 5.89. The lowest BCUT2D eigenvalue weighted by molar-refractivity contribution is -0.138. The molecule has 1 aliphatic rings. The molecular formula is C13H21O2. The van der Waals surface area contributed by atoms with Gasteiger partial charge in [-0.25, -0.2) is 4.79 Å². The van der Waals surface area contributed by atoms with Crippen molar-refractivity contribution in [2.45, 2.75) is 45.4 Å². The van der Waals surface area contributed by atoms with E-state index in [0.717, 1.165) is 5.57 Å². The standard InChI is InChI=1S/C13H21O2/c1-3-9-15-13(14)11(2)10-12-7-5-4-6-8-12/h10,12H,1,3-9H2,2H3. The summed E-state index contributed by atoms with van der Waals surface area (Å²) >= 11 is 0. The maximum absolute atomic E-state index is 11.5. The van der Waals surface area contributed by atoms with Crippen LogP contribution in [0.1, 0.15) is 45.4 Å². The smallest absolute Gasteiger partial charge is 0.333 e. The van der Waals surface area contributed by atoms with Crippen LogP contribution in [0.2, 0.25) is 0 Å². The van der Waals surface area contributed by atoms with Crippen molar-refractivity contribution in [2.75, 3.05) is 6.61 Å². The van der Waals surface area contributed by atoms with Crippen LogP contribution < -0.4 is 0 Å². The van der Waals surface area contributed by atoms with E-state index >= 15 is 0 Å². The molecule has 0 bridgehead atoms. The molecule has 0 atom stereocenters. The Bertz CT molecular complexity index is 225. The van der Waals surface area contributed by atoms with Crippen LogP contribution in [0.3, 0.4) is 0 Å². The lowest BCUT2D eigenvalue weighted by atomic mass is 9.88. The molecule has 0 saturated heterocycles. The van der Waals surface area contributed by atoms with E-state index in [0.29, 0.717) is 18.9 Å². The molecule has 0 amide bonds. The molecule has 0 aliphatic heterocycles. The van der Waals surface area contributed by atoms with Gasteiger partial charge in [0, 0.05) is 5.57 Å². The number of hydrogen-bond acceptors (Lipinski definition) is 2. The summed E-state index contributed by atoms with van der Waals surface area (Å²) in [7, 11) is 0. The third-order valence-corrected chi connectivity index (χ3v) is 2.84. The summed E-state index contributed by atoms with van der Waals surface area (Å²) in [6, 6.07) is 0. The Balaban J connectivity index is 2.39. The van der Waals surface area contributed by atoms with Gasteiger partial charge in [-0.15, -0.1) is 0 Å². The van der Waals surface area contributed by atoms with Crippen molar-refractivity contribution in [3.8, 4) is 0 Å². The molecule has 1 rings (SSSR count). The van der Waals surface area contributed by atoms with Gasteiger partial charge in [-0.1, -0.05) is 25.3 Å². The number of hydrogen-bond donors (Lipinski definition) is 0. The first-order valence-corrected chi connectivity index (χ1v) is 5.89. The average molecular weight is 209 g/mol. The second-order valence-electron chi connectivity index (χ2n) is 4.24. The highest BCUT2D eigenvalue weighted by atomic mass is 16.5. The quantitative estimate of drug-likeness (QED) is 0.524. The van der Waals surface area contributed by atoms with Crippen LogP contribution in [0.4, 0.5) is 0 Å². The molecule has 0 aromatic carbocycles. The van der Waals surface area contributed by atoms with Gasteiger partial charge in [-0.2, -0.15) is 0 Å². The van der Waals surface area contributed by atoms with E-state index in [9.17, 15) is 4.79 Å². The molecule has 0 unspecified atom stereocenters. The fraction of sp³-hybridized carbons (Fsp3) is 0.692. The minimum absolute atomic E-state index is 0.177. The van der Waals surface area contributed by atoms with Gasteiger partial charge in [0.05, 0.1) is 6.61 Å². The van der Waals surface area contributed by atoms with Gasteiger partial charge >= 0.3 is 5.97 Å². The van der Waals surface area contributed by atoms with Crippen LogP contribution in [0.25, 0.3) is 0 Å². The van der Waals surface area contributed by atoms with Crippen LogP contribution in [0.15, 0.2) is 11.6 Å². The summed E-state index contributed by atoms with van der Waals surface area (Å²) < 4.78 is 5.02. The molecule has 1 saturated carbocycles. The number of rotatable bonds is 4. The van der Waals surface area contributed by atoms with Crippen LogP contribution >= 0.6 is 0 Å². The van der Waals surface area contributed by atoms with Crippen molar-refractivity contribution >= 4 is 5.97 Å². The first kappa shape index (κ1) is 12.3. The Morgan fingerprint density at radius 1 is 1.40 bits per heavy atom. The predicted molar refractivity (Wildman–Crippen MR) is 61.3 cm³/mol. The van der Waals surface area contributed by atoms with Gasteiger partial charge in [0.2, 0.25) is 0 Å². The number of ether oxygens (including phenoxy) is 1. The van der Waals surface area contributed by atoms with Crippen molar-refractivity contribution in [1.82, 2.24) is 0 Å².